The van der Waals surface area contributed by atoms with Crippen LogP contribution in [0, 0.1) is 10.1 Å². The van der Waals surface area contributed by atoms with Crippen LogP contribution in [0.1, 0.15) is 24.3 Å². The van der Waals surface area contributed by atoms with Crippen LogP contribution in [0.2, 0.25) is 0 Å². The number of para-hydroxylation sites is 1. The highest BCUT2D eigenvalue weighted by atomic mass is 16.6. The van der Waals surface area contributed by atoms with Gasteiger partial charge in [0.2, 0.25) is 0 Å². The number of carbonyl (C=O) groups is 1. The van der Waals surface area contributed by atoms with E-state index in [1.165, 1.54) is 18.2 Å². The number of hydrogen-bond donors (Lipinski definition) is 1. The summed E-state index contributed by atoms with van der Waals surface area (Å²) in [5.41, 5.74) is 1.32. The zero-order chi connectivity index (χ0) is 20.1. The number of furan rings is 1. The van der Waals surface area contributed by atoms with Crippen molar-refractivity contribution < 1.29 is 18.9 Å². The van der Waals surface area contributed by atoms with Gasteiger partial charge in [-0.2, -0.15) is 0 Å². The first-order valence-corrected chi connectivity index (χ1v) is 8.76. The zero-order valence-electron chi connectivity index (χ0n) is 15.4. The van der Waals surface area contributed by atoms with Crippen LogP contribution in [0.15, 0.2) is 65.6 Å². The number of nitro benzene ring substituents is 1. The lowest BCUT2D eigenvalue weighted by Crippen LogP contribution is -2.31. The SMILES string of the molecule is C=CCc1cc([N+](=O)[O-])ccc1OCC(=O)N[C@@H](C)c1cc2ccccc2o1. The van der Waals surface area contributed by atoms with Crippen LogP contribution in [0.3, 0.4) is 0 Å². The summed E-state index contributed by atoms with van der Waals surface area (Å²) in [6.45, 7) is 5.25. The van der Waals surface area contributed by atoms with E-state index in [4.69, 9.17) is 9.15 Å². The molecule has 0 saturated heterocycles. The number of carbonyl (C=O) groups excluding carboxylic acids is 1. The number of fused-ring (bicyclic) bond motifs is 1. The summed E-state index contributed by atoms with van der Waals surface area (Å²) < 4.78 is 11.3. The van der Waals surface area contributed by atoms with Gasteiger partial charge in [0, 0.05) is 23.1 Å². The number of allylic oxidation sites excluding steroid dienone is 1. The maximum atomic E-state index is 12.3. The molecule has 2 aromatic carbocycles. The number of hydrogen-bond acceptors (Lipinski definition) is 5. The molecule has 0 aliphatic carbocycles. The normalized spacial score (nSPS) is 11.8. The number of benzene rings is 2. The van der Waals surface area contributed by atoms with E-state index in [0.29, 0.717) is 23.5 Å². The smallest absolute Gasteiger partial charge is 0.269 e. The average molecular weight is 380 g/mol. The van der Waals surface area contributed by atoms with E-state index < -0.39 is 4.92 Å². The molecule has 1 heterocycles. The Labute approximate surface area is 161 Å². The summed E-state index contributed by atoms with van der Waals surface area (Å²) in [5.74, 6) is 0.741. The lowest BCUT2D eigenvalue weighted by atomic mass is 10.1. The number of rotatable bonds is 8. The van der Waals surface area contributed by atoms with Crippen LogP contribution >= 0.6 is 0 Å². The molecule has 1 atom stereocenters. The summed E-state index contributed by atoms with van der Waals surface area (Å²) in [7, 11) is 0. The van der Waals surface area contributed by atoms with Crippen LogP contribution in [0.5, 0.6) is 5.75 Å². The fourth-order valence-electron chi connectivity index (χ4n) is 2.85. The molecule has 1 aromatic heterocycles. The zero-order valence-corrected chi connectivity index (χ0v) is 15.4. The lowest BCUT2D eigenvalue weighted by Gasteiger charge is -2.13. The quantitative estimate of drug-likeness (QED) is 0.357. The van der Waals surface area contributed by atoms with E-state index >= 15 is 0 Å². The van der Waals surface area contributed by atoms with Crippen molar-refractivity contribution in [1.29, 1.82) is 0 Å². The highest BCUT2D eigenvalue weighted by molar-refractivity contribution is 5.79. The molecule has 3 aromatic rings. The molecule has 0 saturated carbocycles. The summed E-state index contributed by atoms with van der Waals surface area (Å²) in [6, 6.07) is 13.4. The van der Waals surface area contributed by atoms with Gasteiger partial charge in [-0.1, -0.05) is 24.3 Å². The minimum absolute atomic E-state index is 0.0350. The van der Waals surface area contributed by atoms with Crippen molar-refractivity contribution in [3.63, 3.8) is 0 Å². The molecule has 0 aliphatic rings. The number of nitro groups is 1. The second-order valence-corrected chi connectivity index (χ2v) is 6.31. The second-order valence-electron chi connectivity index (χ2n) is 6.31. The molecule has 144 valence electrons. The van der Waals surface area contributed by atoms with Gasteiger partial charge in [0.1, 0.15) is 17.1 Å². The molecule has 3 rings (SSSR count). The van der Waals surface area contributed by atoms with Gasteiger partial charge in [0.25, 0.3) is 11.6 Å². The van der Waals surface area contributed by atoms with Crippen molar-refractivity contribution in [3.8, 4) is 5.75 Å². The molecule has 1 amide bonds. The molecular weight excluding hydrogens is 360 g/mol. The standard InChI is InChI=1S/C21H20N2O5/c1-3-6-15-11-17(23(25)26)9-10-18(15)27-13-21(24)22-14(2)20-12-16-7-4-5-8-19(16)28-20/h3-5,7-12,14H,1,6,13H2,2H3,(H,22,24)/t14-/m0/s1. The summed E-state index contributed by atoms with van der Waals surface area (Å²) in [5, 5.41) is 14.7. The summed E-state index contributed by atoms with van der Waals surface area (Å²) >= 11 is 0. The molecule has 7 heteroatoms. The Morgan fingerprint density at radius 1 is 1.32 bits per heavy atom. The number of amides is 1. The largest absolute Gasteiger partial charge is 0.483 e. The first-order valence-electron chi connectivity index (χ1n) is 8.76. The number of nitrogens with zero attached hydrogens (tertiary/aromatic N) is 1. The summed E-state index contributed by atoms with van der Waals surface area (Å²) in [6.07, 6.45) is 2.02. The fraction of sp³-hybridized carbons (Fsp3) is 0.190. The molecule has 0 fully saturated rings. The minimum atomic E-state index is -0.474. The Morgan fingerprint density at radius 3 is 2.82 bits per heavy atom. The molecule has 0 aliphatic heterocycles. The van der Waals surface area contributed by atoms with Gasteiger partial charge >= 0.3 is 0 Å². The van der Waals surface area contributed by atoms with E-state index in [9.17, 15) is 14.9 Å². The molecular formula is C21H20N2O5. The molecule has 0 spiro atoms. The van der Waals surface area contributed by atoms with Gasteiger partial charge in [-0.05, 0) is 31.5 Å². The Morgan fingerprint density at radius 2 is 2.11 bits per heavy atom. The number of nitrogens with one attached hydrogen (secondary N) is 1. The van der Waals surface area contributed by atoms with Crippen molar-refractivity contribution >= 4 is 22.6 Å². The maximum absolute atomic E-state index is 12.3. The number of ether oxygens (including phenoxy) is 1. The van der Waals surface area contributed by atoms with Crippen molar-refractivity contribution in [2.45, 2.75) is 19.4 Å². The maximum Gasteiger partial charge on any atom is 0.269 e. The Kier molecular flexibility index (Phi) is 5.74. The molecule has 28 heavy (non-hydrogen) atoms. The highest BCUT2D eigenvalue weighted by Gasteiger charge is 2.16. The first-order chi connectivity index (χ1) is 13.5. The third-order valence-electron chi connectivity index (χ3n) is 4.23. The monoisotopic (exact) mass is 380 g/mol. The minimum Gasteiger partial charge on any atom is -0.483 e. The van der Waals surface area contributed by atoms with Crippen molar-refractivity contribution in [1.82, 2.24) is 5.32 Å². The average Bonchev–Trinajstić information content (AvgIpc) is 3.11. The van der Waals surface area contributed by atoms with Crippen LogP contribution in [-0.2, 0) is 11.2 Å². The van der Waals surface area contributed by atoms with Crippen LogP contribution in [-0.4, -0.2) is 17.4 Å². The fourth-order valence-corrected chi connectivity index (χ4v) is 2.85. The van der Waals surface area contributed by atoms with E-state index in [1.807, 2.05) is 37.3 Å². The Hall–Kier alpha value is -3.61. The van der Waals surface area contributed by atoms with Gasteiger partial charge in [-0.15, -0.1) is 6.58 Å². The van der Waals surface area contributed by atoms with Crippen molar-refractivity contribution in [3.05, 3.63) is 82.6 Å². The van der Waals surface area contributed by atoms with Gasteiger partial charge < -0.3 is 14.5 Å². The van der Waals surface area contributed by atoms with Crippen molar-refractivity contribution in [2.24, 2.45) is 0 Å². The Bertz CT molecular complexity index is 992. The van der Waals surface area contributed by atoms with E-state index in [-0.39, 0.29) is 24.2 Å². The molecule has 7 nitrogen and oxygen atoms in total. The molecule has 0 bridgehead atoms. The van der Waals surface area contributed by atoms with Gasteiger partial charge in [-0.25, -0.2) is 0 Å². The first kappa shape index (κ1) is 19.2. The second kappa shape index (κ2) is 8.39. The van der Waals surface area contributed by atoms with Gasteiger partial charge in [0.15, 0.2) is 6.61 Å². The molecule has 1 N–H and O–H groups in total. The predicted octanol–water partition coefficient (Wildman–Crippen LogP) is 4.33. The number of non-ortho nitro benzene ring substituents is 1. The third-order valence-corrected chi connectivity index (χ3v) is 4.23. The Balaban J connectivity index is 1.63. The lowest BCUT2D eigenvalue weighted by molar-refractivity contribution is -0.384. The van der Waals surface area contributed by atoms with Gasteiger partial charge in [0.05, 0.1) is 11.0 Å². The third kappa shape index (κ3) is 4.37. The summed E-state index contributed by atoms with van der Waals surface area (Å²) in [4.78, 5) is 22.7. The van der Waals surface area contributed by atoms with Crippen LogP contribution < -0.4 is 10.1 Å². The topological polar surface area (TPSA) is 94.6 Å². The van der Waals surface area contributed by atoms with Crippen molar-refractivity contribution in [2.75, 3.05) is 6.61 Å². The van der Waals surface area contributed by atoms with E-state index in [0.717, 1.165) is 11.0 Å². The highest BCUT2D eigenvalue weighted by Crippen LogP contribution is 2.26. The van der Waals surface area contributed by atoms with Crippen LogP contribution in [0.25, 0.3) is 11.0 Å². The van der Waals surface area contributed by atoms with Gasteiger partial charge in [-0.3, -0.25) is 14.9 Å². The van der Waals surface area contributed by atoms with E-state index in [2.05, 4.69) is 11.9 Å². The molecule has 0 radical (unpaired) electrons. The molecule has 0 unspecified atom stereocenters. The van der Waals surface area contributed by atoms with Crippen LogP contribution in [0.4, 0.5) is 5.69 Å². The predicted molar refractivity (Wildman–Crippen MR) is 105 cm³/mol. The van der Waals surface area contributed by atoms with E-state index in [1.54, 1.807) is 6.08 Å².